The minimum absolute atomic E-state index is 0.0931. The van der Waals surface area contributed by atoms with Crippen LogP contribution in [-0.4, -0.2) is 44.0 Å². The molecule has 6 heteroatoms. The Morgan fingerprint density at radius 3 is 2.41 bits per heavy atom. The summed E-state index contributed by atoms with van der Waals surface area (Å²) < 4.78 is 15.2. The third-order valence-electron chi connectivity index (χ3n) is 2.70. The summed E-state index contributed by atoms with van der Waals surface area (Å²) in [6.45, 7) is 4.84. The largest absolute Gasteiger partial charge is 0.490 e. The molecule has 22 heavy (non-hydrogen) atoms. The van der Waals surface area contributed by atoms with Crippen molar-refractivity contribution in [2.24, 2.45) is 0 Å². The smallest absolute Gasteiger partial charge is 0.375 e. The zero-order valence-electron chi connectivity index (χ0n) is 12.8. The maximum absolute atomic E-state index is 12.1. The molecule has 6 nitrogen and oxygen atoms in total. The molecule has 0 atom stereocenters. The molecule has 120 valence electrons. The minimum Gasteiger partial charge on any atom is -0.490 e. The van der Waals surface area contributed by atoms with Gasteiger partial charge in [-0.15, -0.1) is 0 Å². The monoisotopic (exact) mass is 308 g/mol. The van der Waals surface area contributed by atoms with Gasteiger partial charge in [0.05, 0.1) is 25.2 Å². The molecule has 0 heterocycles. The summed E-state index contributed by atoms with van der Waals surface area (Å²) in [7, 11) is 0. The van der Waals surface area contributed by atoms with E-state index < -0.39 is 24.0 Å². The zero-order chi connectivity index (χ0) is 16.4. The molecular formula is C16H20O6. The first-order chi connectivity index (χ1) is 10.6. The molecule has 0 saturated carbocycles. The molecule has 0 aliphatic heterocycles. The van der Waals surface area contributed by atoms with Crippen LogP contribution < -0.4 is 4.74 Å². The first-order valence-corrected chi connectivity index (χ1v) is 7.12. The van der Waals surface area contributed by atoms with Crippen molar-refractivity contribution in [1.82, 2.24) is 0 Å². The lowest BCUT2D eigenvalue weighted by molar-refractivity contribution is -0.153. The Hall–Kier alpha value is -2.21. The number of carbonyl (C=O) groups is 3. The second kappa shape index (κ2) is 9.68. The Morgan fingerprint density at radius 1 is 1.00 bits per heavy atom. The van der Waals surface area contributed by atoms with Crippen molar-refractivity contribution < 1.29 is 28.6 Å². The fourth-order valence-corrected chi connectivity index (χ4v) is 1.70. The van der Waals surface area contributed by atoms with E-state index in [0.29, 0.717) is 25.6 Å². The molecule has 0 unspecified atom stereocenters. The van der Waals surface area contributed by atoms with E-state index >= 15 is 0 Å². The molecule has 1 aromatic rings. The average molecular weight is 308 g/mol. The summed E-state index contributed by atoms with van der Waals surface area (Å²) in [6, 6.07) is 6.57. The number of benzene rings is 1. The van der Waals surface area contributed by atoms with Crippen LogP contribution in [-0.2, 0) is 19.1 Å². The molecule has 0 spiro atoms. The molecule has 0 aliphatic carbocycles. The highest BCUT2D eigenvalue weighted by Gasteiger charge is 2.21. The van der Waals surface area contributed by atoms with Crippen LogP contribution in [0.4, 0.5) is 0 Å². The Balaban J connectivity index is 2.68. The Labute approximate surface area is 129 Å². The highest BCUT2D eigenvalue weighted by Crippen LogP contribution is 2.19. The van der Waals surface area contributed by atoms with E-state index in [4.69, 9.17) is 9.47 Å². The normalized spacial score (nSPS) is 10.1. The van der Waals surface area contributed by atoms with Gasteiger partial charge in [-0.05, 0) is 26.0 Å². The van der Waals surface area contributed by atoms with E-state index in [1.165, 1.54) is 0 Å². The zero-order valence-corrected chi connectivity index (χ0v) is 12.8. The number of para-hydroxylation sites is 1. The predicted molar refractivity (Wildman–Crippen MR) is 79.0 cm³/mol. The van der Waals surface area contributed by atoms with Crippen molar-refractivity contribution in [2.45, 2.75) is 20.3 Å². The van der Waals surface area contributed by atoms with E-state index in [2.05, 4.69) is 4.74 Å². The van der Waals surface area contributed by atoms with Gasteiger partial charge in [0.25, 0.3) is 0 Å². The SMILES string of the molecule is CCOCCOc1ccccc1C(=O)CC(=O)C(=O)OCC. The first-order valence-electron chi connectivity index (χ1n) is 7.12. The van der Waals surface area contributed by atoms with Gasteiger partial charge < -0.3 is 14.2 Å². The molecule has 1 rings (SSSR count). The molecule has 0 saturated heterocycles. The van der Waals surface area contributed by atoms with Gasteiger partial charge in [0.2, 0.25) is 5.78 Å². The fraction of sp³-hybridized carbons (Fsp3) is 0.438. The Bertz CT molecular complexity index is 523. The number of esters is 1. The van der Waals surface area contributed by atoms with Gasteiger partial charge >= 0.3 is 5.97 Å². The fourth-order valence-electron chi connectivity index (χ4n) is 1.70. The molecule has 0 bridgehead atoms. The minimum atomic E-state index is -0.995. The van der Waals surface area contributed by atoms with E-state index in [1.807, 2.05) is 6.92 Å². The van der Waals surface area contributed by atoms with Crippen LogP contribution >= 0.6 is 0 Å². The number of hydrogen-bond donors (Lipinski definition) is 0. The van der Waals surface area contributed by atoms with Crippen LogP contribution in [0.1, 0.15) is 30.6 Å². The van der Waals surface area contributed by atoms with Crippen molar-refractivity contribution >= 4 is 17.5 Å². The predicted octanol–water partition coefficient (Wildman–Crippen LogP) is 1.81. The number of ketones is 2. The summed E-state index contributed by atoms with van der Waals surface area (Å²) in [4.78, 5) is 35.0. The number of Topliss-reactive ketones (excluding diaryl/α,β-unsaturated/α-hetero) is 2. The summed E-state index contributed by atoms with van der Waals surface area (Å²) in [5.41, 5.74) is 0.261. The van der Waals surface area contributed by atoms with Crippen LogP contribution in [0.3, 0.4) is 0 Å². The maximum Gasteiger partial charge on any atom is 0.375 e. The lowest BCUT2D eigenvalue weighted by atomic mass is 10.1. The van der Waals surface area contributed by atoms with Gasteiger partial charge in [-0.25, -0.2) is 4.79 Å². The number of rotatable bonds is 10. The van der Waals surface area contributed by atoms with Gasteiger partial charge in [0.15, 0.2) is 5.78 Å². The van der Waals surface area contributed by atoms with Crippen LogP contribution in [0.5, 0.6) is 5.75 Å². The Morgan fingerprint density at radius 2 is 1.73 bits per heavy atom. The summed E-state index contributed by atoms with van der Waals surface area (Å²) >= 11 is 0. The van der Waals surface area contributed by atoms with E-state index in [9.17, 15) is 14.4 Å². The molecule has 0 amide bonds. The van der Waals surface area contributed by atoms with E-state index in [1.54, 1.807) is 31.2 Å². The topological polar surface area (TPSA) is 78.9 Å². The van der Waals surface area contributed by atoms with Gasteiger partial charge in [0, 0.05) is 6.61 Å². The molecule has 1 aromatic carbocycles. The van der Waals surface area contributed by atoms with Gasteiger partial charge in [-0.2, -0.15) is 0 Å². The van der Waals surface area contributed by atoms with Crippen molar-refractivity contribution in [3.8, 4) is 5.75 Å². The molecular weight excluding hydrogens is 288 g/mol. The molecule has 0 aromatic heterocycles. The van der Waals surface area contributed by atoms with Gasteiger partial charge in [-0.1, -0.05) is 12.1 Å². The highest BCUT2D eigenvalue weighted by molar-refractivity contribution is 6.38. The number of hydrogen-bond acceptors (Lipinski definition) is 6. The second-order valence-corrected chi connectivity index (χ2v) is 4.29. The lowest BCUT2D eigenvalue weighted by Crippen LogP contribution is -2.21. The van der Waals surface area contributed by atoms with Crippen LogP contribution in [0, 0.1) is 0 Å². The van der Waals surface area contributed by atoms with Crippen LogP contribution in [0.2, 0.25) is 0 Å². The summed E-state index contributed by atoms with van der Waals surface area (Å²) in [6.07, 6.45) is -0.537. The number of ether oxygens (including phenoxy) is 3. The van der Waals surface area contributed by atoms with Crippen molar-refractivity contribution in [3.63, 3.8) is 0 Å². The van der Waals surface area contributed by atoms with Crippen molar-refractivity contribution in [1.29, 1.82) is 0 Å². The molecule has 0 aliphatic rings. The highest BCUT2D eigenvalue weighted by atomic mass is 16.5. The average Bonchev–Trinajstić information content (AvgIpc) is 2.52. The summed E-state index contributed by atoms with van der Waals surface area (Å²) in [5.74, 6) is -1.98. The molecule has 0 N–H and O–H groups in total. The third kappa shape index (κ3) is 5.65. The third-order valence-corrected chi connectivity index (χ3v) is 2.70. The lowest BCUT2D eigenvalue weighted by Gasteiger charge is -2.10. The molecule has 0 fully saturated rings. The molecule has 0 radical (unpaired) electrons. The maximum atomic E-state index is 12.1. The quantitative estimate of drug-likeness (QED) is 0.216. The van der Waals surface area contributed by atoms with Gasteiger partial charge in [-0.3, -0.25) is 9.59 Å². The van der Waals surface area contributed by atoms with E-state index in [0.717, 1.165) is 0 Å². The van der Waals surface area contributed by atoms with E-state index in [-0.39, 0.29) is 12.2 Å². The van der Waals surface area contributed by atoms with Crippen LogP contribution in [0.25, 0.3) is 0 Å². The second-order valence-electron chi connectivity index (χ2n) is 4.29. The summed E-state index contributed by atoms with van der Waals surface area (Å²) in [5, 5.41) is 0. The van der Waals surface area contributed by atoms with Crippen molar-refractivity contribution in [2.75, 3.05) is 26.4 Å². The first kappa shape index (κ1) is 17.8. The number of carbonyl (C=O) groups excluding carboxylic acids is 3. The Kier molecular flexibility index (Phi) is 7.85. The standard InChI is InChI=1S/C16H20O6/c1-3-20-9-10-22-15-8-6-5-7-12(15)13(17)11-14(18)16(19)21-4-2/h5-8H,3-4,9-11H2,1-2H3. The van der Waals surface area contributed by atoms with Gasteiger partial charge in [0.1, 0.15) is 12.4 Å². The van der Waals surface area contributed by atoms with Crippen molar-refractivity contribution in [3.05, 3.63) is 29.8 Å². The van der Waals surface area contributed by atoms with Crippen LogP contribution in [0.15, 0.2) is 24.3 Å².